The smallest absolute Gasteiger partial charge is 0.270 e. The van der Waals surface area contributed by atoms with E-state index in [-0.39, 0.29) is 22.2 Å². The number of carbonyl (C=O) groups is 2. The standard InChI is InChI=1S/C23H17F2N3O2S/c1-13-11-15(14(2)27(13)17-9-7-16(24)8-10-17)12-18-21(29)26-23(31)28(22(18)30)20-6-4-3-5-19(20)25/h3-12H,1-2H3,(H,26,29,31). The molecule has 4 rings (SSSR count). The van der Waals surface area contributed by atoms with Crippen LogP contribution in [0, 0.1) is 25.5 Å². The van der Waals surface area contributed by atoms with Crippen molar-refractivity contribution in [3.05, 3.63) is 88.8 Å². The third-order valence-electron chi connectivity index (χ3n) is 5.05. The third kappa shape index (κ3) is 3.66. The summed E-state index contributed by atoms with van der Waals surface area (Å²) in [7, 11) is 0. The van der Waals surface area contributed by atoms with Gasteiger partial charge in [0, 0.05) is 17.1 Å². The van der Waals surface area contributed by atoms with Gasteiger partial charge in [0.25, 0.3) is 11.8 Å². The van der Waals surface area contributed by atoms with Gasteiger partial charge in [0.2, 0.25) is 0 Å². The maximum atomic E-state index is 14.3. The number of thiocarbonyl (C=S) groups is 1. The van der Waals surface area contributed by atoms with Crippen LogP contribution in [0.4, 0.5) is 14.5 Å². The predicted octanol–water partition coefficient (Wildman–Crippen LogP) is 4.20. The summed E-state index contributed by atoms with van der Waals surface area (Å²) >= 11 is 5.11. The van der Waals surface area contributed by atoms with Gasteiger partial charge in [-0.1, -0.05) is 12.1 Å². The summed E-state index contributed by atoms with van der Waals surface area (Å²) < 4.78 is 29.5. The van der Waals surface area contributed by atoms with Crippen molar-refractivity contribution in [2.24, 2.45) is 0 Å². The zero-order valence-electron chi connectivity index (χ0n) is 16.6. The molecule has 0 atom stereocenters. The maximum absolute atomic E-state index is 14.3. The summed E-state index contributed by atoms with van der Waals surface area (Å²) in [5, 5.41) is 2.26. The Bertz CT molecular complexity index is 1260. The van der Waals surface area contributed by atoms with Crippen LogP contribution in [0.3, 0.4) is 0 Å². The lowest BCUT2D eigenvalue weighted by Gasteiger charge is -2.29. The number of nitrogens with one attached hydrogen (secondary N) is 1. The van der Waals surface area contributed by atoms with Crippen LogP contribution < -0.4 is 10.2 Å². The van der Waals surface area contributed by atoms with Gasteiger partial charge >= 0.3 is 0 Å². The molecule has 2 amide bonds. The predicted molar refractivity (Wildman–Crippen MR) is 118 cm³/mol. The number of benzene rings is 2. The summed E-state index contributed by atoms with van der Waals surface area (Å²) in [6.07, 6.45) is 1.45. The molecule has 2 heterocycles. The summed E-state index contributed by atoms with van der Waals surface area (Å²) in [5.41, 5.74) is 2.75. The fraction of sp³-hybridized carbons (Fsp3) is 0.0870. The number of halogens is 2. The lowest BCUT2D eigenvalue weighted by atomic mass is 10.1. The van der Waals surface area contributed by atoms with Crippen LogP contribution in [0.15, 0.2) is 60.2 Å². The van der Waals surface area contributed by atoms with Crippen LogP contribution in [0.5, 0.6) is 0 Å². The molecule has 1 saturated heterocycles. The Kier molecular flexibility index (Phi) is 5.24. The van der Waals surface area contributed by atoms with E-state index in [0.717, 1.165) is 22.0 Å². The van der Waals surface area contributed by atoms with E-state index in [2.05, 4.69) is 5.32 Å². The third-order valence-corrected chi connectivity index (χ3v) is 5.33. The molecular weight excluding hydrogens is 420 g/mol. The van der Waals surface area contributed by atoms with E-state index in [1.807, 2.05) is 24.5 Å². The van der Waals surface area contributed by atoms with Crippen molar-refractivity contribution in [3.8, 4) is 5.69 Å². The number of nitrogens with zero attached hydrogens (tertiary/aromatic N) is 2. The first-order chi connectivity index (χ1) is 14.8. The quantitative estimate of drug-likeness (QED) is 0.380. The normalized spacial score (nSPS) is 15.5. The van der Waals surface area contributed by atoms with Crippen LogP contribution in [-0.2, 0) is 9.59 Å². The molecule has 0 unspecified atom stereocenters. The first kappa shape index (κ1) is 20.6. The van der Waals surface area contributed by atoms with Gasteiger partial charge in [0.15, 0.2) is 5.11 Å². The van der Waals surface area contributed by atoms with Crippen LogP contribution in [0.25, 0.3) is 11.8 Å². The molecule has 0 radical (unpaired) electrons. The average molecular weight is 437 g/mol. The molecule has 0 bridgehead atoms. The van der Waals surface area contributed by atoms with Gasteiger partial charge in [-0.25, -0.2) is 13.7 Å². The van der Waals surface area contributed by atoms with E-state index < -0.39 is 17.6 Å². The molecular formula is C23H17F2N3O2S. The number of para-hydroxylation sites is 1. The van der Waals surface area contributed by atoms with Gasteiger partial charge in [-0.2, -0.15) is 0 Å². The van der Waals surface area contributed by atoms with Crippen LogP contribution in [-0.4, -0.2) is 21.5 Å². The number of rotatable bonds is 3. The van der Waals surface area contributed by atoms with E-state index in [0.29, 0.717) is 5.56 Å². The van der Waals surface area contributed by atoms with E-state index in [1.165, 1.54) is 36.4 Å². The minimum atomic E-state index is -0.717. The Hall–Kier alpha value is -3.65. The van der Waals surface area contributed by atoms with Gasteiger partial charge in [-0.15, -0.1) is 0 Å². The van der Waals surface area contributed by atoms with Crippen molar-refractivity contribution in [1.82, 2.24) is 9.88 Å². The van der Waals surface area contributed by atoms with Gasteiger partial charge in [-0.3, -0.25) is 14.9 Å². The van der Waals surface area contributed by atoms with Crippen LogP contribution >= 0.6 is 12.2 Å². The molecule has 1 aromatic heterocycles. The van der Waals surface area contributed by atoms with Gasteiger partial charge < -0.3 is 4.57 Å². The molecule has 156 valence electrons. The van der Waals surface area contributed by atoms with Crippen molar-refractivity contribution in [1.29, 1.82) is 0 Å². The number of amides is 2. The molecule has 2 aromatic carbocycles. The summed E-state index contributed by atoms with van der Waals surface area (Å²) in [4.78, 5) is 26.6. The van der Waals surface area contributed by atoms with Gasteiger partial charge in [0.1, 0.15) is 17.2 Å². The summed E-state index contributed by atoms with van der Waals surface area (Å²) in [5.74, 6) is -2.36. The van der Waals surface area contributed by atoms with E-state index in [9.17, 15) is 18.4 Å². The van der Waals surface area contributed by atoms with E-state index >= 15 is 0 Å². The lowest BCUT2D eigenvalue weighted by molar-refractivity contribution is -0.122. The first-order valence-electron chi connectivity index (χ1n) is 9.39. The van der Waals surface area contributed by atoms with Crippen molar-refractivity contribution in [3.63, 3.8) is 0 Å². The zero-order valence-corrected chi connectivity index (χ0v) is 17.5. The Morgan fingerprint density at radius 2 is 1.68 bits per heavy atom. The highest BCUT2D eigenvalue weighted by atomic mass is 32.1. The second-order valence-electron chi connectivity index (χ2n) is 7.05. The second kappa shape index (κ2) is 7.88. The Labute approximate surface area is 182 Å². The number of hydrogen-bond donors (Lipinski definition) is 1. The topological polar surface area (TPSA) is 54.3 Å². The number of anilines is 1. The number of carbonyl (C=O) groups excluding carboxylic acids is 2. The van der Waals surface area contributed by atoms with Crippen LogP contribution in [0.1, 0.15) is 17.0 Å². The van der Waals surface area contributed by atoms with Crippen molar-refractivity contribution in [2.45, 2.75) is 13.8 Å². The summed E-state index contributed by atoms with van der Waals surface area (Å²) in [6.45, 7) is 3.69. The molecule has 1 fully saturated rings. The molecule has 31 heavy (non-hydrogen) atoms. The highest BCUT2D eigenvalue weighted by Gasteiger charge is 2.35. The fourth-order valence-corrected chi connectivity index (χ4v) is 3.86. The fourth-order valence-electron chi connectivity index (χ4n) is 3.59. The molecule has 0 saturated carbocycles. The number of aromatic nitrogens is 1. The maximum Gasteiger partial charge on any atom is 0.270 e. The molecule has 3 aromatic rings. The molecule has 0 aliphatic carbocycles. The highest BCUT2D eigenvalue weighted by Crippen LogP contribution is 2.27. The molecule has 5 nitrogen and oxygen atoms in total. The zero-order chi connectivity index (χ0) is 22.3. The molecule has 8 heteroatoms. The van der Waals surface area contributed by atoms with E-state index in [4.69, 9.17) is 12.2 Å². The Morgan fingerprint density at radius 1 is 1.00 bits per heavy atom. The molecule has 0 spiro atoms. The monoisotopic (exact) mass is 437 g/mol. The molecule has 1 aliphatic rings. The number of aryl methyl sites for hydroxylation is 1. The Morgan fingerprint density at radius 3 is 2.35 bits per heavy atom. The summed E-state index contributed by atoms with van der Waals surface area (Å²) in [6, 6.07) is 13.5. The van der Waals surface area contributed by atoms with Crippen LogP contribution in [0.2, 0.25) is 0 Å². The SMILES string of the molecule is Cc1cc(C=C2C(=O)NC(=S)N(c3ccccc3F)C2=O)c(C)n1-c1ccc(F)cc1. The minimum Gasteiger partial charge on any atom is -0.318 e. The Balaban J connectivity index is 1.77. The largest absolute Gasteiger partial charge is 0.318 e. The lowest BCUT2D eigenvalue weighted by Crippen LogP contribution is -2.54. The van der Waals surface area contributed by atoms with Crippen molar-refractivity contribution in [2.75, 3.05) is 4.90 Å². The average Bonchev–Trinajstić information content (AvgIpc) is 3.00. The van der Waals surface area contributed by atoms with Crippen molar-refractivity contribution < 1.29 is 18.4 Å². The molecule has 1 N–H and O–H groups in total. The second-order valence-corrected chi connectivity index (χ2v) is 7.43. The van der Waals surface area contributed by atoms with Crippen molar-refractivity contribution >= 4 is 40.9 Å². The van der Waals surface area contributed by atoms with Gasteiger partial charge in [0.05, 0.1) is 5.69 Å². The number of hydrogen-bond acceptors (Lipinski definition) is 3. The van der Waals surface area contributed by atoms with Gasteiger partial charge in [-0.05, 0) is 80.2 Å². The minimum absolute atomic E-state index is 0.0415. The molecule has 1 aliphatic heterocycles. The highest BCUT2D eigenvalue weighted by molar-refractivity contribution is 7.80. The first-order valence-corrected chi connectivity index (χ1v) is 9.79. The van der Waals surface area contributed by atoms with E-state index in [1.54, 1.807) is 18.2 Å².